The fraction of sp³-hybridized carbons (Fsp3) is 0.562. The van der Waals surface area contributed by atoms with E-state index in [9.17, 15) is 9.00 Å². The highest BCUT2D eigenvalue weighted by Gasteiger charge is 2.38. The second kappa shape index (κ2) is 7.18. The lowest BCUT2D eigenvalue weighted by Gasteiger charge is -2.24. The van der Waals surface area contributed by atoms with Crippen molar-refractivity contribution in [2.24, 2.45) is 0 Å². The molecule has 3 unspecified atom stereocenters. The molecule has 0 radical (unpaired) electrons. The predicted octanol–water partition coefficient (Wildman–Crippen LogP) is 1.97. The lowest BCUT2D eigenvalue weighted by molar-refractivity contribution is -0.130. The molecule has 116 valence electrons. The minimum absolute atomic E-state index is 0.0624. The summed E-state index contributed by atoms with van der Waals surface area (Å²) < 4.78 is 11.2. The molecule has 4 nitrogen and oxygen atoms in total. The van der Waals surface area contributed by atoms with Crippen LogP contribution in [0.1, 0.15) is 37.1 Å². The summed E-state index contributed by atoms with van der Waals surface area (Å²) in [5.74, 6) is 0.798. The van der Waals surface area contributed by atoms with E-state index in [4.69, 9.17) is 0 Å². The largest absolute Gasteiger partial charge is 0.322 e. The fourth-order valence-corrected chi connectivity index (χ4v) is 3.30. The van der Waals surface area contributed by atoms with Crippen molar-refractivity contribution in [1.29, 1.82) is 0 Å². The Labute approximate surface area is 129 Å². The fourth-order valence-electron chi connectivity index (χ4n) is 2.77. The van der Waals surface area contributed by atoms with Gasteiger partial charge < -0.3 is 4.90 Å². The Balaban J connectivity index is 2.16. The van der Waals surface area contributed by atoms with Crippen LogP contribution in [-0.4, -0.2) is 39.6 Å². The van der Waals surface area contributed by atoms with E-state index in [0.717, 1.165) is 18.4 Å². The Morgan fingerprint density at radius 1 is 1.38 bits per heavy atom. The van der Waals surface area contributed by atoms with Gasteiger partial charge in [0.15, 0.2) is 0 Å². The Morgan fingerprint density at radius 2 is 2.14 bits per heavy atom. The zero-order valence-corrected chi connectivity index (χ0v) is 13.8. The molecule has 1 amide bonds. The first-order chi connectivity index (χ1) is 10.0. The maximum atomic E-state index is 12.5. The third-order valence-electron chi connectivity index (χ3n) is 3.85. The second-order valence-electron chi connectivity index (χ2n) is 5.61. The van der Waals surface area contributed by atoms with E-state index in [1.165, 1.54) is 5.56 Å². The molecule has 1 heterocycles. The molecule has 1 aromatic carbocycles. The van der Waals surface area contributed by atoms with Gasteiger partial charge in [0.2, 0.25) is 5.91 Å². The Bertz CT molecular complexity index is 533. The molecule has 3 atom stereocenters. The monoisotopic (exact) mass is 308 g/mol. The Morgan fingerprint density at radius 3 is 2.76 bits per heavy atom. The summed E-state index contributed by atoms with van der Waals surface area (Å²) in [5, 5.41) is 3.42. The van der Waals surface area contributed by atoms with Crippen molar-refractivity contribution in [1.82, 2.24) is 10.2 Å². The summed E-state index contributed by atoms with van der Waals surface area (Å²) in [5.41, 5.74) is 2.31. The SMILES string of the molecule is CCC1NC(c2cccc(C)c2)N(CCCS(C)=O)C1=O. The van der Waals surface area contributed by atoms with Gasteiger partial charge in [-0.3, -0.25) is 14.3 Å². The number of nitrogens with one attached hydrogen (secondary N) is 1. The van der Waals surface area contributed by atoms with Gasteiger partial charge in [0.25, 0.3) is 0 Å². The summed E-state index contributed by atoms with van der Waals surface area (Å²) in [4.78, 5) is 14.4. The van der Waals surface area contributed by atoms with Crippen LogP contribution in [0.3, 0.4) is 0 Å². The average Bonchev–Trinajstić information content (AvgIpc) is 2.75. The van der Waals surface area contributed by atoms with Crippen LogP contribution in [0.2, 0.25) is 0 Å². The summed E-state index contributed by atoms with van der Waals surface area (Å²) >= 11 is 0. The van der Waals surface area contributed by atoms with E-state index in [1.54, 1.807) is 6.26 Å². The lowest BCUT2D eigenvalue weighted by atomic mass is 10.1. The minimum Gasteiger partial charge on any atom is -0.322 e. The van der Waals surface area contributed by atoms with Crippen LogP contribution in [0, 0.1) is 6.92 Å². The van der Waals surface area contributed by atoms with Gasteiger partial charge in [0.05, 0.1) is 6.04 Å². The first-order valence-corrected chi connectivity index (χ1v) is 9.18. The molecule has 5 heteroatoms. The minimum atomic E-state index is -0.805. The molecule has 1 aliphatic rings. The number of benzene rings is 1. The number of aryl methyl sites for hydroxylation is 1. The molecule has 1 aromatic rings. The number of hydrogen-bond acceptors (Lipinski definition) is 3. The molecule has 0 spiro atoms. The van der Waals surface area contributed by atoms with E-state index < -0.39 is 10.8 Å². The zero-order valence-electron chi connectivity index (χ0n) is 13.0. The number of carbonyl (C=O) groups excluding carboxylic acids is 1. The third-order valence-corrected chi connectivity index (χ3v) is 4.71. The molecule has 0 bridgehead atoms. The molecular weight excluding hydrogens is 284 g/mol. The van der Waals surface area contributed by atoms with Crippen molar-refractivity contribution in [3.8, 4) is 0 Å². The molecule has 21 heavy (non-hydrogen) atoms. The smallest absolute Gasteiger partial charge is 0.241 e. The van der Waals surface area contributed by atoms with Gasteiger partial charge in [-0.25, -0.2) is 0 Å². The van der Waals surface area contributed by atoms with Crippen LogP contribution >= 0.6 is 0 Å². The van der Waals surface area contributed by atoms with Gasteiger partial charge in [-0.1, -0.05) is 36.8 Å². The van der Waals surface area contributed by atoms with Crippen molar-refractivity contribution in [3.05, 3.63) is 35.4 Å². The Kier molecular flexibility index (Phi) is 5.53. The molecular formula is C16H24N2O2S. The van der Waals surface area contributed by atoms with Crippen molar-refractivity contribution in [2.45, 2.75) is 38.9 Å². The summed E-state index contributed by atoms with van der Waals surface area (Å²) in [6, 6.07) is 8.15. The van der Waals surface area contributed by atoms with Crippen LogP contribution in [0.5, 0.6) is 0 Å². The lowest BCUT2D eigenvalue weighted by Crippen LogP contribution is -2.32. The van der Waals surface area contributed by atoms with Crippen molar-refractivity contribution in [2.75, 3.05) is 18.6 Å². The molecule has 1 N–H and O–H groups in total. The maximum absolute atomic E-state index is 12.5. The Hall–Kier alpha value is -1.20. The summed E-state index contributed by atoms with van der Waals surface area (Å²) in [7, 11) is -0.805. The van der Waals surface area contributed by atoms with E-state index >= 15 is 0 Å². The van der Waals surface area contributed by atoms with Gasteiger partial charge in [-0.05, 0) is 25.3 Å². The van der Waals surface area contributed by atoms with Crippen molar-refractivity contribution >= 4 is 16.7 Å². The zero-order chi connectivity index (χ0) is 15.4. The number of hydrogen-bond donors (Lipinski definition) is 1. The number of carbonyl (C=O) groups is 1. The summed E-state index contributed by atoms with van der Waals surface area (Å²) in [6.45, 7) is 4.73. The van der Waals surface area contributed by atoms with Crippen molar-refractivity contribution < 1.29 is 9.00 Å². The highest BCUT2D eigenvalue weighted by atomic mass is 32.2. The quantitative estimate of drug-likeness (QED) is 0.874. The third kappa shape index (κ3) is 3.92. The molecule has 0 aliphatic carbocycles. The average molecular weight is 308 g/mol. The van der Waals surface area contributed by atoms with E-state index in [1.807, 2.05) is 17.9 Å². The molecule has 1 saturated heterocycles. The second-order valence-corrected chi connectivity index (χ2v) is 7.16. The molecule has 0 saturated carbocycles. The first kappa shape index (κ1) is 16.2. The van der Waals surface area contributed by atoms with Crippen LogP contribution < -0.4 is 5.32 Å². The van der Waals surface area contributed by atoms with Crippen molar-refractivity contribution in [3.63, 3.8) is 0 Å². The highest BCUT2D eigenvalue weighted by Crippen LogP contribution is 2.27. The number of amides is 1. The standard InChI is InChI=1S/C16H24N2O2S/c1-4-14-16(19)18(9-6-10-21(3)20)15(17-14)13-8-5-7-12(2)11-13/h5,7-8,11,14-15,17H,4,6,9-10H2,1-3H3. The van der Waals surface area contributed by atoms with Gasteiger partial charge in [-0.15, -0.1) is 0 Å². The van der Waals surface area contributed by atoms with Gasteiger partial charge in [0.1, 0.15) is 6.17 Å². The molecule has 1 fully saturated rings. The van der Waals surface area contributed by atoms with E-state index in [2.05, 4.69) is 30.4 Å². The van der Waals surface area contributed by atoms with E-state index in [-0.39, 0.29) is 18.1 Å². The van der Waals surface area contributed by atoms with Gasteiger partial charge >= 0.3 is 0 Å². The summed E-state index contributed by atoms with van der Waals surface area (Å²) in [6.07, 6.45) is 3.21. The van der Waals surface area contributed by atoms with Gasteiger partial charge in [-0.2, -0.15) is 0 Å². The normalized spacial score (nSPS) is 23.6. The van der Waals surface area contributed by atoms with Crippen LogP contribution in [0.25, 0.3) is 0 Å². The first-order valence-electron chi connectivity index (χ1n) is 7.46. The van der Waals surface area contributed by atoms with Crippen LogP contribution in [-0.2, 0) is 15.6 Å². The molecule has 0 aromatic heterocycles. The highest BCUT2D eigenvalue weighted by molar-refractivity contribution is 7.84. The predicted molar refractivity (Wildman–Crippen MR) is 86.4 cm³/mol. The molecule has 2 rings (SSSR count). The van der Waals surface area contributed by atoms with Crippen LogP contribution in [0.15, 0.2) is 24.3 Å². The van der Waals surface area contributed by atoms with Crippen LogP contribution in [0.4, 0.5) is 0 Å². The van der Waals surface area contributed by atoms with Gasteiger partial charge in [0, 0.05) is 29.4 Å². The number of rotatable bonds is 6. The van der Waals surface area contributed by atoms with E-state index in [0.29, 0.717) is 12.3 Å². The topological polar surface area (TPSA) is 49.4 Å². The maximum Gasteiger partial charge on any atom is 0.241 e. The number of nitrogens with zero attached hydrogens (tertiary/aromatic N) is 1. The molecule has 1 aliphatic heterocycles.